The van der Waals surface area contributed by atoms with Crippen molar-refractivity contribution in [3.8, 4) is 0 Å². The molecule has 7 N–H and O–H groups in total. The van der Waals surface area contributed by atoms with Crippen LogP contribution in [0.5, 0.6) is 0 Å². The molecule has 1 aromatic carbocycles. The number of hydrogen-bond acceptors (Lipinski definition) is 6. The molecule has 1 atom stereocenters. The summed E-state index contributed by atoms with van der Waals surface area (Å²) in [6.07, 6.45) is 2.45. The number of benzene rings is 1. The molecule has 0 saturated carbocycles. The lowest BCUT2D eigenvalue weighted by molar-refractivity contribution is -0.116. The topological polar surface area (TPSA) is 151 Å². The largest absolute Gasteiger partial charge is 0.400 e. The van der Waals surface area contributed by atoms with Crippen molar-refractivity contribution < 1.29 is 19.5 Å². The summed E-state index contributed by atoms with van der Waals surface area (Å²) in [6.45, 7) is 2.94. The quantitative estimate of drug-likeness (QED) is 0.340. The van der Waals surface area contributed by atoms with Crippen LogP contribution in [0.15, 0.2) is 30.3 Å². The van der Waals surface area contributed by atoms with Gasteiger partial charge in [-0.15, -0.1) is 11.3 Å². The van der Waals surface area contributed by atoms with E-state index >= 15 is 0 Å². The van der Waals surface area contributed by atoms with Gasteiger partial charge in [0, 0.05) is 20.1 Å². The monoisotopic (exact) mass is 514 g/mol. The normalized spacial score (nSPS) is 12.7. The van der Waals surface area contributed by atoms with Gasteiger partial charge in [-0.3, -0.25) is 9.59 Å². The minimum atomic E-state index is -0.333. The molecule has 0 saturated heterocycles. The molecule has 0 fully saturated rings. The zero-order valence-corrected chi connectivity index (χ0v) is 20.9. The first-order chi connectivity index (χ1) is 15.6. The number of aromatic nitrogens is 1. The van der Waals surface area contributed by atoms with Gasteiger partial charge in [-0.25, -0.2) is 0 Å². The van der Waals surface area contributed by atoms with Crippen LogP contribution in [0, 0.1) is 0 Å². The number of fused-ring (bicyclic) bond motifs is 2. The number of nitrogens with one attached hydrogen (secondary N) is 2. The van der Waals surface area contributed by atoms with Crippen LogP contribution in [0.1, 0.15) is 35.5 Å². The van der Waals surface area contributed by atoms with Gasteiger partial charge in [0.2, 0.25) is 5.91 Å². The van der Waals surface area contributed by atoms with Crippen LogP contribution in [0.25, 0.3) is 10.2 Å². The molecule has 4 rings (SSSR count). The Bertz CT molecular complexity index is 1050. The standard InChI is InChI=1S/C16H12Cl2N2OS.C3H7NO.C2H5NO.CH4O/c17-13-14-12(22-15(13)18)7-11(20-14)16(21)19-10-5-8-3-1-2-4-9(8)6-10;1-3(4)2-5;1-2(3)4;1-2/h1-4,7,10,20H,5-6H2,(H,19,21);2-3H,4H2,1H3;1H3,(H2,3,4);2H,1H3. The molecule has 3 aromatic rings. The summed E-state index contributed by atoms with van der Waals surface area (Å²) in [5, 5.41) is 10.6. The van der Waals surface area contributed by atoms with Gasteiger partial charge in [-0.2, -0.15) is 0 Å². The molecule has 8 nitrogen and oxygen atoms in total. The van der Waals surface area contributed by atoms with Crippen LogP contribution in [-0.4, -0.2) is 47.4 Å². The van der Waals surface area contributed by atoms with Crippen LogP contribution in [0.3, 0.4) is 0 Å². The summed E-state index contributed by atoms with van der Waals surface area (Å²) in [5.74, 6) is -0.437. The van der Waals surface area contributed by atoms with Crippen LogP contribution >= 0.6 is 34.5 Å². The molecule has 1 aliphatic carbocycles. The Morgan fingerprint density at radius 1 is 1.24 bits per heavy atom. The van der Waals surface area contributed by atoms with E-state index in [2.05, 4.69) is 28.2 Å². The lowest BCUT2D eigenvalue weighted by atomic mass is 10.1. The van der Waals surface area contributed by atoms with E-state index in [0.29, 0.717) is 21.3 Å². The number of nitrogens with two attached hydrogens (primary N) is 2. The summed E-state index contributed by atoms with van der Waals surface area (Å²) in [4.78, 5) is 34.1. The fourth-order valence-corrected chi connectivity index (χ4v) is 4.45. The Hall–Kier alpha value is -2.43. The lowest BCUT2D eigenvalue weighted by Crippen LogP contribution is -2.35. The van der Waals surface area contributed by atoms with Crippen molar-refractivity contribution in [1.82, 2.24) is 10.3 Å². The number of aldehydes is 1. The van der Waals surface area contributed by atoms with Crippen molar-refractivity contribution in [2.24, 2.45) is 11.5 Å². The third-order valence-electron chi connectivity index (χ3n) is 4.22. The molecule has 0 aliphatic heterocycles. The zero-order valence-electron chi connectivity index (χ0n) is 18.5. The maximum Gasteiger partial charge on any atom is 0.267 e. The molecule has 2 aromatic heterocycles. The third kappa shape index (κ3) is 8.79. The predicted molar refractivity (Wildman–Crippen MR) is 134 cm³/mol. The molecule has 1 aliphatic rings. The number of rotatable bonds is 3. The average Bonchev–Trinajstić information content (AvgIpc) is 3.44. The highest BCUT2D eigenvalue weighted by molar-refractivity contribution is 7.23. The maximum atomic E-state index is 12.4. The Morgan fingerprint density at radius 3 is 2.15 bits per heavy atom. The molecule has 0 radical (unpaired) electrons. The molecule has 1 unspecified atom stereocenters. The number of primary amides is 1. The van der Waals surface area contributed by atoms with Gasteiger partial charge < -0.3 is 31.7 Å². The van der Waals surface area contributed by atoms with E-state index in [9.17, 15) is 14.4 Å². The smallest absolute Gasteiger partial charge is 0.267 e. The van der Waals surface area contributed by atoms with Crippen molar-refractivity contribution in [3.05, 3.63) is 56.5 Å². The number of H-pyrrole nitrogens is 1. The molecule has 2 heterocycles. The van der Waals surface area contributed by atoms with Crippen LogP contribution < -0.4 is 16.8 Å². The molecular weight excluding hydrogens is 487 g/mol. The van der Waals surface area contributed by atoms with Gasteiger partial charge >= 0.3 is 0 Å². The number of amides is 2. The number of halogens is 2. The maximum absolute atomic E-state index is 12.4. The minimum absolute atomic E-state index is 0.103. The predicted octanol–water partition coefficient (Wildman–Crippen LogP) is 3.07. The number of carbonyl (C=O) groups is 3. The van der Waals surface area contributed by atoms with Crippen molar-refractivity contribution in [1.29, 1.82) is 0 Å². The molecule has 11 heteroatoms. The van der Waals surface area contributed by atoms with Crippen LogP contribution in [0.2, 0.25) is 9.36 Å². The van der Waals surface area contributed by atoms with Crippen molar-refractivity contribution in [2.75, 3.05) is 7.11 Å². The number of hydrogen-bond donors (Lipinski definition) is 5. The number of aliphatic hydroxyl groups excluding tert-OH is 1. The Kier molecular flexibility index (Phi) is 12.1. The molecular formula is C22H28Cl2N4O4S. The van der Waals surface area contributed by atoms with E-state index < -0.39 is 0 Å². The number of aliphatic hydroxyl groups is 1. The second kappa shape index (κ2) is 14.0. The van der Waals surface area contributed by atoms with Crippen LogP contribution in [-0.2, 0) is 22.4 Å². The first-order valence-electron chi connectivity index (χ1n) is 9.88. The highest BCUT2D eigenvalue weighted by atomic mass is 35.5. The van der Waals surface area contributed by atoms with Gasteiger partial charge in [0.25, 0.3) is 5.91 Å². The summed E-state index contributed by atoms with van der Waals surface area (Å²) in [5.41, 5.74) is 13.3. The average molecular weight is 515 g/mol. The SMILES string of the molecule is CC(N)=O.CC(N)C=O.CO.O=C(NC1Cc2ccccc2C1)c1cc2sc(Cl)c(Cl)c2[nH]1. The summed E-state index contributed by atoms with van der Waals surface area (Å²) < 4.78 is 1.44. The van der Waals surface area contributed by atoms with E-state index in [1.165, 1.54) is 29.4 Å². The second-order valence-corrected chi connectivity index (χ2v) is 9.10. The number of thiophene rings is 1. The highest BCUT2D eigenvalue weighted by Gasteiger charge is 2.24. The Balaban J connectivity index is 0.000000421. The third-order valence-corrected chi connectivity index (χ3v) is 6.15. The number of carbonyl (C=O) groups excluding carboxylic acids is 3. The number of aromatic amines is 1. The molecule has 33 heavy (non-hydrogen) atoms. The van der Waals surface area contributed by atoms with E-state index in [1.54, 1.807) is 13.0 Å². The lowest BCUT2D eigenvalue weighted by Gasteiger charge is -2.10. The van der Waals surface area contributed by atoms with Gasteiger partial charge in [-0.1, -0.05) is 47.5 Å². The zero-order chi connectivity index (χ0) is 25.1. The van der Waals surface area contributed by atoms with E-state index in [0.717, 1.165) is 30.2 Å². The summed E-state index contributed by atoms with van der Waals surface area (Å²) in [7, 11) is 1.00. The fraction of sp³-hybridized carbons (Fsp3) is 0.318. The van der Waals surface area contributed by atoms with Crippen molar-refractivity contribution in [3.63, 3.8) is 0 Å². The van der Waals surface area contributed by atoms with Gasteiger partial charge in [0.05, 0.1) is 21.3 Å². The van der Waals surface area contributed by atoms with Crippen LogP contribution in [0.4, 0.5) is 0 Å². The van der Waals surface area contributed by atoms with Gasteiger partial charge in [-0.05, 0) is 37.0 Å². The molecule has 180 valence electrons. The molecule has 2 amide bonds. The summed E-state index contributed by atoms with van der Waals surface area (Å²) >= 11 is 13.5. The fourth-order valence-electron chi connectivity index (χ4n) is 2.97. The van der Waals surface area contributed by atoms with E-state index in [1.807, 2.05) is 12.1 Å². The first-order valence-corrected chi connectivity index (χ1v) is 11.4. The molecule has 0 spiro atoms. The van der Waals surface area contributed by atoms with Gasteiger partial charge in [0.15, 0.2) is 0 Å². The minimum Gasteiger partial charge on any atom is -0.400 e. The van der Waals surface area contributed by atoms with Gasteiger partial charge in [0.1, 0.15) is 16.3 Å². The Morgan fingerprint density at radius 2 is 1.73 bits per heavy atom. The first kappa shape index (κ1) is 28.6. The van der Waals surface area contributed by atoms with E-state index in [4.69, 9.17) is 34.0 Å². The van der Waals surface area contributed by atoms with Crippen molar-refractivity contribution in [2.45, 2.75) is 38.8 Å². The molecule has 0 bridgehead atoms. The highest BCUT2D eigenvalue weighted by Crippen LogP contribution is 2.38. The van der Waals surface area contributed by atoms with Crippen molar-refractivity contribution >= 4 is 62.9 Å². The summed E-state index contributed by atoms with van der Waals surface area (Å²) in [6, 6.07) is 9.96. The Labute approximate surface area is 206 Å². The second-order valence-electron chi connectivity index (χ2n) is 7.07. The van der Waals surface area contributed by atoms with E-state index in [-0.39, 0.29) is 23.9 Å².